The van der Waals surface area contributed by atoms with Crippen molar-refractivity contribution in [3.8, 4) is 0 Å². The molecule has 1 saturated heterocycles. The number of fused-ring (bicyclic) bond motifs is 1. The van der Waals surface area contributed by atoms with Gasteiger partial charge in [-0.15, -0.1) is 0 Å². The number of rotatable bonds is 1. The third-order valence-electron chi connectivity index (χ3n) is 3.60. The van der Waals surface area contributed by atoms with Crippen molar-refractivity contribution in [3.05, 3.63) is 35.1 Å². The number of hydrogen-bond acceptors (Lipinski definition) is 3. The fraction of sp³-hybridized carbons (Fsp3) is 0.538. The second kappa shape index (κ2) is 4.72. The first-order valence-electron chi connectivity index (χ1n) is 6.15. The Balaban J connectivity index is 1.88. The highest BCUT2D eigenvalue weighted by Gasteiger charge is 2.27. The van der Waals surface area contributed by atoms with E-state index >= 15 is 0 Å². The van der Waals surface area contributed by atoms with Gasteiger partial charge in [-0.3, -0.25) is 4.90 Å². The summed E-state index contributed by atoms with van der Waals surface area (Å²) >= 11 is 0. The molecule has 0 amide bonds. The Hall–Kier alpha value is -0.970. The van der Waals surface area contributed by atoms with E-state index in [0.29, 0.717) is 6.04 Å². The predicted octanol–water partition coefficient (Wildman–Crippen LogP) is 1.30. The van der Waals surface area contributed by atoms with Gasteiger partial charge in [0.2, 0.25) is 0 Å². The number of ether oxygens (including phenoxy) is 1. The molecule has 2 aliphatic heterocycles. The summed E-state index contributed by atoms with van der Waals surface area (Å²) in [5, 5.41) is 3.37. The molecule has 3 rings (SSSR count). The van der Waals surface area contributed by atoms with Crippen LogP contribution < -0.4 is 5.32 Å². The smallest absolute Gasteiger partial charge is 0.123 e. The van der Waals surface area contributed by atoms with Crippen molar-refractivity contribution in [2.24, 2.45) is 0 Å². The molecule has 92 valence electrons. The van der Waals surface area contributed by atoms with Gasteiger partial charge in [0.15, 0.2) is 0 Å². The number of halogens is 1. The maximum Gasteiger partial charge on any atom is 0.123 e. The van der Waals surface area contributed by atoms with Gasteiger partial charge in [0.1, 0.15) is 5.82 Å². The molecule has 0 unspecified atom stereocenters. The van der Waals surface area contributed by atoms with Crippen LogP contribution in [0.1, 0.15) is 17.2 Å². The number of nitrogens with zero attached hydrogens (tertiary/aromatic N) is 1. The van der Waals surface area contributed by atoms with E-state index in [1.165, 1.54) is 5.56 Å². The first kappa shape index (κ1) is 11.1. The van der Waals surface area contributed by atoms with E-state index < -0.39 is 0 Å². The van der Waals surface area contributed by atoms with Crippen LogP contribution in [0.4, 0.5) is 4.39 Å². The van der Waals surface area contributed by atoms with Crippen molar-refractivity contribution in [2.45, 2.75) is 12.6 Å². The zero-order chi connectivity index (χ0) is 11.7. The Bertz CT molecular complexity index is 404. The fourth-order valence-corrected chi connectivity index (χ4v) is 2.72. The summed E-state index contributed by atoms with van der Waals surface area (Å²) in [6, 6.07) is 5.52. The average molecular weight is 236 g/mol. The average Bonchev–Trinajstić information content (AvgIpc) is 2.39. The molecule has 3 nitrogen and oxygen atoms in total. The van der Waals surface area contributed by atoms with Gasteiger partial charge in [-0.25, -0.2) is 4.39 Å². The molecule has 1 fully saturated rings. The van der Waals surface area contributed by atoms with Crippen LogP contribution in [0, 0.1) is 5.82 Å². The monoisotopic (exact) mass is 236 g/mol. The van der Waals surface area contributed by atoms with Crippen LogP contribution in [0.5, 0.6) is 0 Å². The van der Waals surface area contributed by atoms with Gasteiger partial charge in [0.05, 0.1) is 13.2 Å². The van der Waals surface area contributed by atoms with E-state index in [-0.39, 0.29) is 5.82 Å². The molecule has 1 atom stereocenters. The molecule has 17 heavy (non-hydrogen) atoms. The minimum absolute atomic E-state index is 0.145. The van der Waals surface area contributed by atoms with Gasteiger partial charge in [-0.1, -0.05) is 6.07 Å². The van der Waals surface area contributed by atoms with Crippen molar-refractivity contribution in [3.63, 3.8) is 0 Å². The van der Waals surface area contributed by atoms with Crippen LogP contribution in [-0.4, -0.2) is 37.7 Å². The Morgan fingerprint density at radius 1 is 1.29 bits per heavy atom. The van der Waals surface area contributed by atoms with Crippen molar-refractivity contribution in [1.82, 2.24) is 10.2 Å². The Morgan fingerprint density at radius 2 is 2.12 bits per heavy atom. The van der Waals surface area contributed by atoms with E-state index in [2.05, 4.69) is 10.2 Å². The summed E-state index contributed by atoms with van der Waals surface area (Å²) in [5.41, 5.74) is 2.36. The predicted molar refractivity (Wildman–Crippen MR) is 63.2 cm³/mol. The lowest BCUT2D eigenvalue weighted by Gasteiger charge is -2.38. The van der Waals surface area contributed by atoms with Crippen LogP contribution in [0.3, 0.4) is 0 Å². The lowest BCUT2D eigenvalue weighted by atomic mass is 9.95. The molecule has 0 aromatic heterocycles. The molecule has 0 saturated carbocycles. The zero-order valence-corrected chi connectivity index (χ0v) is 9.79. The molecule has 1 N–H and O–H groups in total. The molecule has 1 aromatic rings. The van der Waals surface area contributed by atoms with E-state index in [1.807, 2.05) is 6.07 Å². The highest BCUT2D eigenvalue weighted by atomic mass is 19.1. The Morgan fingerprint density at radius 3 is 2.94 bits per heavy atom. The lowest BCUT2D eigenvalue weighted by Crippen LogP contribution is -2.45. The second-order valence-corrected chi connectivity index (χ2v) is 4.64. The number of nitrogens with one attached hydrogen (secondary N) is 1. The molecule has 0 aliphatic carbocycles. The van der Waals surface area contributed by atoms with E-state index in [1.54, 1.807) is 12.1 Å². The van der Waals surface area contributed by atoms with Gasteiger partial charge in [-0.2, -0.15) is 0 Å². The highest BCUT2D eigenvalue weighted by molar-refractivity contribution is 5.33. The number of morpholine rings is 1. The van der Waals surface area contributed by atoms with Crippen LogP contribution >= 0.6 is 0 Å². The minimum Gasteiger partial charge on any atom is -0.379 e. The summed E-state index contributed by atoms with van der Waals surface area (Å²) in [4.78, 5) is 2.42. The van der Waals surface area contributed by atoms with Crippen molar-refractivity contribution >= 4 is 0 Å². The van der Waals surface area contributed by atoms with Gasteiger partial charge in [-0.05, 0) is 23.3 Å². The maximum atomic E-state index is 13.2. The summed E-state index contributed by atoms with van der Waals surface area (Å²) in [6.07, 6.45) is 0. The quantitative estimate of drug-likeness (QED) is 0.795. The zero-order valence-electron chi connectivity index (χ0n) is 9.79. The molecular weight excluding hydrogens is 219 g/mol. The largest absolute Gasteiger partial charge is 0.379 e. The van der Waals surface area contributed by atoms with Gasteiger partial charge in [0.25, 0.3) is 0 Å². The molecule has 1 aromatic carbocycles. The standard InChI is InChI=1S/C13H17FN2O/c14-11-1-2-12-10(7-11)8-15-9-13(12)16-3-5-17-6-4-16/h1-2,7,13,15H,3-6,8-9H2/t13-/m1/s1. The molecular formula is C13H17FN2O. The van der Waals surface area contributed by atoms with Crippen LogP contribution in [0.2, 0.25) is 0 Å². The molecule has 0 spiro atoms. The highest BCUT2D eigenvalue weighted by Crippen LogP contribution is 2.28. The topological polar surface area (TPSA) is 24.5 Å². The molecule has 0 bridgehead atoms. The SMILES string of the molecule is Fc1ccc2c(c1)CNC[C@H]2N1CCOCC1. The molecule has 2 aliphatic rings. The van der Waals surface area contributed by atoms with Crippen molar-refractivity contribution in [1.29, 1.82) is 0 Å². The first-order valence-corrected chi connectivity index (χ1v) is 6.15. The third-order valence-corrected chi connectivity index (χ3v) is 3.60. The van der Waals surface area contributed by atoms with E-state index in [0.717, 1.165) is 45.0 Å². The van der Waals surface area contributed by atoms with Crippen LogP contribution in [0.15, 0.2) is 18.2 Å². The summed E-state index contributed by atoms with van der Waals surface area (Å²) in [6.45, 7) is 5.24. The maximum absolute atomic E-state index is 13.2. The number of hydrogen-bond donors (Lipinski definition) is 1. The Kier molecular flexibility index (Phi) is 3.09. The molecule has 4 heteroatoms. The van der Waals surface area contributed by atoms with E-state index in [9.17, 15) is 4.39 Å². The third kappa shape index (κ3) is 2.20. The van der Waals surface area contributed by atoms with Gasteiger partial charge >= 0.3 is 0 Å². The Labute approximate surface area is 101 Å². The van der Waals surface area contributed by atoms with Gasteiger partial charge in [0, 0.05) is 32.2 Å². The normalized spacial score (nSPS) is 25.6. The minimum atomic E-state index is -0.145. The summed E-state index contributed by atoms with van der Waals surface area (Å²) in [5.74, 6) is -0.145. The van der Waals surface area contributed by atoms with Gasteiger partial charge < -0.3 is 10.1 Å². The van der Waals surface area contributed by atoms with Crippen LogP contribution in [-0.2, 0) is 11.3 Å². The van der Waals surface area contributed by atoms with Crippen LogP contribution in [0.25, 0.3) is 0 Å². The van der Waals surface area contributed by atoms with E-state index in [4.69, 9.17) is 4.74 Å². The fourth-order valence-electron chi connectivity index (χ4n) is 2.72. The summed E-state index contributed by atoms with van der Waals surface area (Å²) < 4.78 is 18.6. The number of benzene rings is 1. The van der Waals surface area contributed by atoms with Crippen molar-refractivity contribution < 1.29 is 9.13 Å². The summed E-state index contributed by atoms with van der Waals surface area (Å²) in [7, 11) is 0. The molecule has 0 radical (unpaired) electrons. The second-order valence-electron chi connectivity index (χ2n) is 4.64. The first-order chi connectivity index (χ1) is 8.34. The molecule has 2 heterocycles. The van der Waals surface area contributed by atoms with Crippen molar-refractivity contribution in [2.75, 3.05) is 32.8 Å². The lowest BCUT2D eigenvalue weighted by molar-refractivity contribution is 0.0146.